The van der Waals surface area contributed by atoms with Crippen LogP contribution in [0.25, 0.3) is 0 Å². The second-order valence-electron chi connectivity index (χ2n) is 8.95. The van der Waals surface area contributed by atoms with E-state index in [9.17, 15) is 4.79 Å². The zero-order valence-electron chi connectivity index (χ0n) is 17.1. The first-order valence-corrected chi connectivity index (χ1v) is 10.6. The van der Waals surface area contributed by atoms with E-state index in [-0.39, 0.29) is 5.91 Å². The molecular weight excluding hydrogens is 348 g/mol. The molecule has 150 valence electrons. The van der Waals surface area contributed by atoms with E-state index in [0.29, 0.717) is 17.8 Å². The van der Waals surface area contributed by atoms with Crippen molar-refractivity contribution in [2.24, 2.45) is 22.4 Å². The highest BCUT2D eigenvalue weighted by molar-refractivity contribution is 5.83. The molecule has 0 radical (unpaired) electrons. The van der Waals surface area contributed by atoms with Gasteiger partial charge in [-0.2, -0.15) is 5.10 Å². The molecule has 1 saturated carbocycles. The molecule has 1 amide bonds. The summed E-state index contributed by atoms with van der Waals surface area (Å²) in [6.07, 6.45) is 7.09. The van der Waals surface area contributed by atoms with Gasteiger partial charge in [0.05, 0.1) is 6.21 Å². The summed E-state index contributed by atoms with van der Waals surface area (Å²) < 4.78 is 0. The summed E-state index contributed by atoms with van der Waals surface area (Å²) in [4.78, 5) is 16.9. The van der Waals surface area contributed by atoms with Crippen LogP contribution in [-0.4, -0.2) is 49.7 Å². The van der Waals surface area contributed by atoms with Gasteiger partial charge in [0.15, 0.2) is 0 Å². The van der Waals surface area contributed by atoms with Crippen LogP contribution in [0.2, 0.25) is 0 Å². The van der Waals surface area contributed by atoms with Gasteiger partial charge in [-0.3, -0.25) is 9.69 Å². The molecule has 5 heteroatoms. The van der Waals surface area contributed by atoms with Crippen molar-refractivity contribution in [3.8, 4) is 0 Å². The van der Waals surface area contributed by atoms with Crippen LogP contribution < -0.4 is 10.3 Å². The number of hydrogen-bond acceptors (Lipinski definition) is 4. The number of nitrogens with zero attached hydrogens (tertiary/aromatic N) is 3. The average molecular weight is 381 g/mol. The number of anilines is 1. The van der Waals surface area contributed by atoms with Gasteiger partial charge in [-0.05, 0) is 47.8 Å². The third-order valence-electron chi connectivity index (χ3n) is 7.06. The summed E-state index contributed by atoms with van der Waals surface area (Å²) in [6, 6.07) is 10.5. The molecule has 1 aliphatic heterocycles. The van der Waals surface area contributed by atoms with Gasteiger partial charge in [-0.1, -0.05) is 38.1 Å². The van der Waals surface area contributed by atoms with Crippen LogP contribution in [0.15, 0.2) is 47.1 Å². The van der Waals surface area contributed by atoms with Crippen molar-refractivity contribution in [2.45, 2.75) is 33.1 Å². The summed E-state index contributed by atoms with van der Waals surface area (Å²) >= 11 is 0. The van der Waals surface area contributed by atoms with E-state index >= 15 is 0 Å². The Bertz CT molecular complexity index is 747. The number of rotatable bonds is 6. The van der Waals surface area contributed by atoms with Gasteiger partial charge in [0.25, 0.3) is 0 Å². The molecule has 0 spiro atoms. The minimum absolute atomic E-state index is 0.00361. The quantitative estimate of drug-likeness (QED) is 0.609. The Hall–Kier alpha value is -2.14. The van der Waals surface area contributed by atoms with Gasteiger partial charge < -0.3 is 4.90 Å². The van der Waals surface area contributed by atoms with Gasteiger partial charge in [-0.15, -0.1) is 0 Å². The molecule has 28 heavy (non-hydrogen) atoms. The maximum absolute atomic E-state index is 12.2. The topological polar surface area (TPSA) is 47.9 Å². The number of allylic oxidation sites excluding steroid dienone is 2. The van der Waals surface area contributed by atoms with Crippen molar-refractivity contribution < 1.29 is 4.79 Å². The highest BCUT2D eigenvalue weighted by Gasteiger charge is 2.50. The smallest absolute Gasteiger partial charge is 0.241 e. The number of piperazine rings is 1. The number of benzene rings is 1. The lowest BCUT2D eigenvalue weighted by Crippen LogP contribution is -2.48. The lowest BCUT2D eigenvalue weighted by molar-refractivity contribution is -0.121. The summed E-state index contributed by atoms with van der Waals surface area (Å²) in [6.45, 7) is 9.51. The third-order valence-corrected chi connectivity index (χ3v) is 7.06. The molecule has 4 aliphatic rings. The number of carbonyl (C=O) groups excluding carboxylic acids is 1. The van der Waals surface area contributed by atoms with Crippen molar-refractivity contribution in [3.63, 3.8) is 0 Å². The Morgan fingerprint density at radius 1 is 1.21 bits per heavy atom. The van der Waals surface area contributed by atoms with Crippen LogP contribution in [0, 0.1) is 17.3 Å². The molecule has 2 unspecified atom stereocenters. The van der Waals surface area contributed by atoms with Crippen LogP contribution in [0.4, 0.5) is 5.69 Å². The molecule has 2 bridgehead atoms. The van der Waals surface area contributed by atoms with E-state index in [4.69, 9.17) is 0 Å². The number of carbonyl (C=O) groups is 1. The number of amides is 1. The van der Waals surface area contributed by atoms with Crippen LogP contribution in [-0.2, 0) is 4.79 Å². The summed E-state index contributed by atoms with van der Waals surface area (Å²) in [5.74, 6) is 1.43. The van der Waals surface area contributed by atoms with Crippen LogP contribution in [0.1, 0.15) is 33.1 Å². The second kappa shape index (κ2) is 8.08. The molecule has 3 aliphatic carbocycles. The van der Waals surface area contributed by atoms with Crippen molar-refractivity contribution >= 4 is 17.8 Å². The molecular formula is C23H32N4O. The molecule has 5 rings (SSSR count). The van der Waals surface area contributed by atoms with Gasteiger partial charge in [0.2, 0.25) is 5.91 Å². The van der Waals surface area contributed by atoms with Gasteiger partial charge in [0.1, 0.15) is 0 Å². The maximum Gasteiger partial charge on any atom is 0.241 e. The Morgan fingerprint density at radius 2 is 1.96 bits per heavy atom. The molecule has 1 aromatic rings. The largest absolute Gasteiger partial charge is 0.369 e. The Labute approximate surface area is 168 Å². The van der Waals surface area contributed by atoms with Crippen LogP contribution in [0.3, 0.4) is 0 Å². The minimum Gasteiger partial charge on any atom is -0.369 e. The zero-order valence-corrected chi connectivity index (χ0v) is 17.1. The van der Waals surface area contributed by atoms with Crippen molar-refractivity contribution in [2.75, 3.05) is 37.6 Å². The van der Waals surface area contributed by atoms with Crippen molar-refractivity contribution in [3.05, 3.63) is 42.0 Å². The lowest BCUT2D eigenvalue weighted by Gasteiger charge is -2.55. The number of hydrogen-bond donors (Lipinski definition) is 1. The number of hydrazone groups is 1. The minimum atomic E-state index is 0.00361. The van der Waals surface area contributed by atoms with E-state index in [1.807, 2.05) is 6.21 Å². The second-order valence-corrected chi connectivity index (χ2v) is 8.95. The number of fused-ring (bicyclic) bond motifs is 1. The molecule has 1 saturated heterocycles. The van der Waals surface area contributed by atoms with E-state index in [1.165, 1.54) is 17.7 Å². The number of nitrogens with one attached hydrogen (secondary N) is 1. The SMILES string of the molecule is CC1(C)C2CC=C(/C=N/NC(=O)CCN3CCN(c4ccccc4)CC3)C1C2. The summed E-state index contributed by atoms with van der Waals surface area (Å²) in [5, 5.41) is 4.23. The van der Waals surface area contributed by atoms with Crippen molar-refractivity contribution in [1.29, 1.82) is 0 Å². The molecule has 5 nitrogen and oxygen atoms in total. The predicted molar refractivity (Wildman–Crippen MR) is 114 cm³/mol. The fourth-order valence-electron chi connectivity index (χ4n) is 4.91. The van der Waals surface area contributed by atoms with E-state index in [1.54, 1.807) is 0 Å². The predicted octanol–water partition coefficient (Wildman–Crippen LogP) is 3.29. The number of para-hydroxylation sites is 1. The molecule has 0 aromatic heterocycles. The van der Waals surface area contributed by atoms with Crippen LogP contribution in [0.5, 0.6) is 0 Å². The van der Waals surface area contributed by atoms with Crippen molar-refractivity contribution in [1.82, 2.24) is 10.3 Å². The maximum atomic E-state index is 12.2. The third kappa shape index (κ3) is 4.00. The molecule has 1 aromatic carbocycles. The normalized spacial score (nSPS) is 26.6. The fourth-order valence-corrected chi connectivity index (χ4v) is 4.91. The van der Waals surface area contributed by atoms with Gasteiger partial charge in [0, 0.05) is 44.8 Å². The fraction of sp³-hybridized carbons (Fsp3) is 0.565. The summed E-state index contributed by atoms with van der Waals surface area (Å²) in [7, 11) is 0. The van der Waals surface area contributed by atoms with E-state index in [0.717, 1.165) is 45.1 Å². The van der Waals surface area contributed by atoms with Gasteiger partial charge in [-0.25, -0.2) is 5.43 Å². The Balaban J connectivity index is 1.16. The Morgan fingerprint density at radius 3 is 2.64 bits per heavy atom. The molecule has 2 atom stereocenters. The standard InChI is InChI=1S/C23H32N4O/c1-23(2)19-9-8-18(21(23)16-19)17-24-25-22(28)10-11-26-12-14-27(15-13-26)20-6-4-3-5-7-20/h3-8,17,19,21H,9-16H2,1-2H3,(H,25,28)/b24-17+. The van der Waals surface area contributed by atoms with Crippen LogP contribution >= 0.6 is 0 Å². The van der Waals surface area contributed by atoms with E-state index < -0.39 is 0 Å². The summed E-state index contributed by atoms with van der Waals surface area (Å²) in [5.41, 5.74) is 5.69. The monoisotopic (exact) mass is 380 g/mol. The highest BCUT2D eigenvalue weighted by atomic mass is 16.2. The first-order chi connectivity index (χ1) is 13.5. The molecule has 2 fully saturated rings. The zero-order chi connectivity index (χ0) is 19.6. The Kier molecular flexibility index (Phi) is 5.54. The first-order valence-electron chi connectivity index (χ1n) is 10.6. The van der Waals surface area contributed by atoms with E-state index in [2.05, 4.69) is 70.6 Å². The first kappa shape index (κ1) is 19.2. The lowest BCUT2D eigenvalue weighted by atomic mass is 9.49. The average Bonchev–Trinajstić information content (AvgIpc) is 2.73. The van der Waals surface area contributed by atoms with Gasteiger partial charge >= 0.3 is 0 Å². The molecule has 1 heterocycles. The molecule has 1 N–H and O–H groups in total. The highest BCUT2D eigenvalue weighted by Crippen LogP contribution is 2.58.